The molecule has 3 rings (SSSR count). The van der Waals surface area contributed by atoms with Crippen LogP contribution in [0.2, 0.25) is 0 Å². The number of piperazine rings is 1. The van der Waals surface area contributed by atoms with Gasteiger partial charge in [0.15, 0.2) is 0 Å². The second-order valence-corrected chi connectivity index (χ2v) is 7.62. The molecule has 116 valence electrons. The topological polar surface area (TPSA) is 26.7 Å². The normalized spacial score (nSPS) is 42.1. The van der Waals surface area contributed by atoms with Crippen LogP contribution >= 0.6 is 0 Å². The summed E-state index contributed by atoms with van der Waals surface area (Å²) in [6.07, 6.45) is 7.87. The number of hydrogen-bond donors (Lipinski definition) is 1. The first-order chi connectivity index (χ1) is 9.65. The molecule has 4 unspecified atom stereocenters. The third-order valence-corrected chi connectivity index (χ3v) is 6.01. The molecule has 0 spiro atoms. The van der Waals surface area contributed by atoms with Gasteiger partial charge in [-0.05, 0) is 37.5 Å². The van der Waals surface area contributed by atoms with Gasteiger partial charge in [0.05, 0.1) is 6.10 Å². The van der Waals surface area contributed by atoms with Crippen LogP contribution in [0.1, 0.15) is 52.4 Å². The summed E-state index contributed by atoms with van der Waals surface area (Å²) in [5.41, 5.74) is 0. The maximum atomic E-state index is 10.5. The van der Waals surface area contributed by atoms with E-state index in [2.05, 4.69) is 23.6 Å². The first-order valence-corrected chi connectivity index (χ1v) is 8.81. The molecule has 1 aliphatic heterocycles. The highest BCUT2D eigenvalue weighted by Crippen LogP contribution is 2.33. The zero-order valence-corrected chi connectivity index (χ0v) is 13.3. The average Bonchev–Trinajstić information content (AvgIpc) is 2.92. The third-order valence-electron chi connectivity index (χ3n) is 6.01. The number of aliphatic hydroxyl groups is 1. The molecule has 3 fully saturated rings. The smallest absolute Gasteiger partial charge is 0.0700 e. The molecule has 1 saturated heterocycles. The minimum Gasteiger partial charge on any atom is -0.391 e. The van der Waals surface area contributed by atoms with E-state index in [9.17, 15) is 5.11 Å². The van der Waals surface area contributed by atoms with Crippen molar-refractivity contribution in [1.29, 1.82) is 0 Å². The highest BCUT2D eigenvalue weighted by atomic mass is 16.3. The molecule has 4 atom stereocenters. The molecule has 3 nitrogen and oxygen atoms in total. The van der Waals surface area contributed by atoms with E-state index in [-0.39, 0.29) is 6.10 Å². The summed E-state index contributed by atoms with van der Waals surface area (Å²) in [5, 5.41) is 10.5. The highest BCUT2D eigenvalue weighted by Gasteiger charge is 2.38. The fourth-order valence-electron chi connectivity index (χ4n) is 5.07. The van der Waals surface area contributed by atoms with Crippen molar-refractivity contribution in [2.24, 2.45) is 11.8 Å². The molecule has 1 N–H and O–H groups in total. The van der Waals surface area contributed by atoms with Crippen molar-refractivity contribution in [3.05, 3.63) is 0 Å². The van der Waals surface area contributed by atoms with Gasteiger partial charge in [0.1, 0.15) is 0 Å². The van der Waals surface area contributed by atoms with Gasteiger partial charge in [0, 0.05) is 38.3 Å². The van der Waals surface area contributed by atoms with E-state index < -0.39 is 0 Å². The monoisotopic (exact) mass is 280 g/mol. The fourth-order valence-corrected chi connectivity index (χ4v) is 5.07. The van der Waals surface area contributed by atoms with Crippen molar-refractivity contribution in [2.75, 3.05) is 26.2 Å². The van der Waals surface area contributed by atoms with Crippen molar-refractivity contribution in [1.82, 2.24) is 9.80 Å². The summed E-state index contributed by atoms with van der Waals surface area (Å²) >= 11 is 0. The first-order valence-electron chi connectivity index (χ1n) is 8.81. The van der Waals surface area contributed by atoms with E-state index in [0.29, 0.717) is 17.9 Å². The summed E-state index contributed by atoms with van der Waals surface area (Å²) < 4.78 is 0. The van der Waals surface area contributed by atoms with Crippen molar-refractivity contribution in [3.8, 4) is 0 Å². The Balaban J connectivity index is 1.54. The second kappa shape index (κ2) is 6.33. The van der Waals surface area contributed by atoms with Gasteiger partial charge in [-0.3, -0.25) is 9.80 Å². The summed E-state index contributed by atoms with van der Waals surface area (Å²) in [6.45, 7) is 9.39. The number of nitrogens with zero attached hydrogens (tertiary/aromatic N) is 2. The molecule has 20 heavy (non-hydrogen) atoms. The fraction of sp³-hybridized carbons (Fsp3) is 1.00. The summed E-state index contributed by atoms with van der Waals surface area (Å²) in [6, 6.07) is 1.28. The first kappa shape index (κ1) is 14.8. The van der Waals surface area contributed by atoms with Gasteiger partial charge in [0.2, 0.25) is 0 Å². The largest absolute Gasteiger partial charge is 0.391 e. The lowest BCUT2D eigenvalue weighted by molar-refractivity contribution is -0.0451. The van der Waals surface area contributed by atoms with E-state index in [1.54, 1.807) is 0 Å². The Kier molecular flexibility index (Phi) is 4.68. The molecule has 0 radical (unpaired) electrons. The van der Waals surface area contributed by atoms with Crippen LogP contribution in [0.5, 0.6) is 0 Å². The lowest BCUT2D eigenvalue weighted by Gasteiger charge is -2.47. The van der Waals surface area contributed by atoms with E-state index in [0.717, 1.165) is 25.6 Å². The number of hydrogen-bond acceptors (Lipinski definition) is 3. The predicted molar refractivity (Wildman–Crippen MR) is 82.8 cm³/mol. The molecular formula is C17H32N2O. The van der Waals surface area contributed by atoms with E-state index in [4.69, 9.17) is 0 Å². The molecule has 1 heterocycles. The maximum Gasteiger partial charge on any atom is 0.0700 e. The van der Waals surface area contributed by atoms with Crippen molar-refractivity contribution in [2.45, 2.75) is 70.6 Å². The van der Waals surface area contributed by atoms with Crippen LogP contribution in [0.4, 0.5) is 0 Å². The van der Waals surface area contributed by atoms with Gasteiger partial charge < -0.3 is 5.11 Å². The third kappa shape index (κ3) is 3.05. The van der Waals surface area contributed by atoms with Crippen molar-refractivity contribution < 1.29 is 5.11 Å². The molecule has 0 aromatic carbocycles. The van der Waals surface area contributed by atoms with Gasteiger partial charge in [-0.15, -0.1) is 0 Å². The van der Waals surface area contributed by atoms with E-state index in [1.807, 2.05) is 0 Å². The molecule has 2 saturated carbocycles. The predicted octanol–water partition coefficient (Wildman–Crippen LogP) is 2.34. The second-order valence-electron chi connectivity index (χ2n) is 7.62. The van der Waals surface area contributed by atoms with Crippen LogP contribution in [-0.4, -0.2) is 59.3 Å². The average molecular weight is 280 g/mol. The van der Waals surface area contributed by atoms with Gasteiger partial charge >= 0.3 is 0 Å². The summed E-state index contributed by atoms with van der Waals surface area (Å²) in [5.74, 6) is 1.34. The van der Waals surface area contributed by atoms with Crippen LogP contribution in [0.15, 0.2) is 0 Å². The maximum absolute atomic E-state index is 10.5. The Morgan fingerprint density at radius 1 is 0.850 bits per heavy atom. The quantitative estimate of drug-likeness (QED) is 0.841. The van der Waals surface area contributed by atoms with E-state index >= 15 is 0 Å². The number of rotatable bonds is 2. The van der Waals surface area contributed by atoms with Gasteiger partial charge in [-0.25, -0.2) is 0 Å². The zero-order chi connectivity index (χ0) is 14.1. The van der Waals surface area contributed by atoms with Crippen LogP contribution in [-0.2, 0) is 0 Å². The molecule has 3 aliphatic rings. The Bertz CT molecular complexity index is 296. The van der Waals surface area contributed by atoms with E-state index in [1.165, 1.54) is 45.2 Å². The molecule has 2 aliphatic carbocycles. The minimum atomic E-state index is -0.105. The standard InChI is InChI=1S/C17H32N2O/c1-13-11-14(2)17(16(20)12-13)19-9-7-18(8-10-19)15-5-3-4-6-15/h13-17,20H,3-12H2,1-2H3. The van der Waals surface area contributed by atoms with Crippen LogP contribution in [0, 0.1) is 11.8 Å². The minimum absolute atomic E-state index is 0.105. The molecule has 0 amide bonds. The molecular weight excluding hydrogens is 248 g/mol. The summed E-state index contributed by atoms with van der Waals surface area (Å²) in [7, 11) is 0. The van der Waals surface area contributed by atoms with Gasteiger partial charge in [-0.1, -0.05) is 26.7 Å². The molecule has 0 aromatic rings. The summed E-state index contributed by atoms with van der Waals surface area (Å²) in [4.78, 5) is 5.30. The van der Waals surface area contributed by atoms with Gasteiger partial charge in [-0.2, -0.15) is 0 Å². The Morgan fingerprint density at radius 3 is 2.05 bits per heavy atom. The van der Waals surface area contributed by atoms with Crippen LogP contribution in [0.25, 0.3) is 0 Å². The Hall–Kier alpha value is -0.120. The molecule has 3 heteroatoms. The van der Waals surface area contributed by atoms with Crippen LogP contribution in [0.3, 0.4) is 0 Å². The Morgan fingerprint density at radius 2 is 1.45 bits per heavy atom. The van der Waals surface area contributed by atoms with Crippen molar-refractivity contribution in [3.63, 3.8) is 0 Å². The lowest BCUT2D eigenvalue weighted by atomic mass is 9.77. The SMILES string of the molecule is CC1CC(C)C(N2CCN(C3CCCC3)CC2)C(O)C1. The zero-order valence-electron chi connectivity index (χ0n) is 13.3. The van der Waals surface area contributed by atoms with Crippen LogP contribution < -0.4 is 0 Å². The Labute approximate surface area is 124 Å². The molecule has 0 aromatic heterocycles. The van der Waals surface area contributed by atoms with Crippen molar-refractivity contribution >= 4 is 0 Å². The number of aliphatic hydroxyl groups excluding tert-OH is 1. The highest BCUT2D eigenvalue weighted by molar-refractivity contribution is 4.92. The molecule has 0 bridgehead atoms. The lowest BCUT2D eigenvalue weighted by Crippen LogP contribution is -2.58. The van der Waals surface area contributed by atoms with Gasteiger partial charge in [0.25, 0.3) is 0 Å².